The van der Waals surface area contributed by atoms with Crippen LogP contribution < -0.4 is 18.9 Å². The molecule has 0 saturated heterocycles. The second-order valence-corrected chi connectivity index (χ2v) is 10.9. The van der Waals surface area contributed by atoms with Crippen LogP contribution in [0.4, 0.5) is 0 Å². The minimum absolute atomic E-state index is 0. The van der Waals surface area contributed by atoms with Gasteiger partial charge in [-0.2, -0.15) is 0 Å². The lowest BCUT2D eigenvalue weighted by atomic mass is 9.81. The monoisotopic (exact) mass is 521 g/mol. The first-order valence-electron chi connectivity index (χ1n) is 12.6. The molecule has 5 nitrogen and oxygen atoms in total. The maximum Gasteiger partial charge on any atom is 0.166 e. The molecule has 0 N–H and O–H groups in total. The molecule has 0 unspecified atom stereocenters. The molecule has 0 saturated carbocycles. The number of hydrogen-bond acceptors (Lipinski definition) is 5. The van der Waals surface area contributed by atoms with Crippen LogP contribution in [0.15, 0.2) is 59.6 Å². The van der Waals surface area contributed by atoms with E-state index in [2.05, 4.69) is 58.0 Å². The standard InChI is InChI=1S/C31H35NO4.ClH/c1-30(2)18-22-17-26(34-6)29-25(19-31(3,4)36-29)27(22)28(32-30)21-9-13-24(14-10-21)35-16-15-20-7-11-23(33-5)12-8-20;/h7-14,17H,15-16,18-19H2,1-6H3;1H. The van der Waals surface area contributed by atoms with Crippen LogP contribution in [0, 0.1) is 0 Å². The molecule has 2 aliphatic heterocycles. The maximum atomic E-state index is 6.32. The summed E-state index contributed by atoms with van der Waals surface area (Å²) in [6.45, 7) is 9.24. The molecule has 0 aliphatic carbocycles. The first kappa shape index (κ1) is 26.9. The van der Waals surface area contributed by atoms with Crippen molar-refractivity contribution in [2.45, 2.75) is 58.1 Å². The third-order valence-electron chi connectivity index (χ3n) is 6.85. The largest absolute Gasteiger partial charge is 0.497 e. The quantitative estimate of drug-likeness (QED) is 0.350. The van der Waals surface area contributed by atoms with Gasteiger partial charge in [-0.05, 0) is 87.7 Å². The lowest BCUT2D eigenvalue weighted by Gasteiger charge is -2.31. The van der Waals surface area contributed by atoms with E-state index in [0.717, 1.165) is 53.5 Å². The minimum Gasteiger partial charge on any atom is -0.497 e. The molecule has 0 amide bonds. The minimum atomic E-state index is -0.273. The Kier molecular flexibility index (Phi) is 7.48. The van der Waals surface area contributed by atoms with Gasteiger partial charge in [0.1, 0.15) is 17.1 Å². The topological polar surface area (TPSA) is 49.3 Å². The Hall–Kier alpha value is -3.18. The SMILES string of the molecule is COc1ccc(CCOc2ccc(C3=NC(C)(C)Cc4cc(OC)c5c(c43)CC(C)(C)O5)cc2)cc1.Cl. The fraction of sp³-hybridized carbons (Fsp3) is 0.387. The van der Waals surface area contributed by atoms with Crippen LogP contribution in [0.1, 0.15) is 55.5 Å². The number of rotatable bonds is 7. The van der Waals surface area contributed by atoms with Crippen molar-refractivity contribution in [2.24, 2.45) is 4.99 Å². The molecule has 3 aromatic carbocycles. The summed E-state index contributed by atoms with van der Waals surface area (Å²) >= 11 is 0. The van der Waals surface area contributed by atoms with Crippen LogP contribution in [0.3, 0.4) is 0 Å². The highest BCUT2D eigenvalue weighted by atomic mass is 35.5. The smallest absolute Gasteiger partial charge is 0.166 e. The Bertz CT molecular complexity index is 1290. The number of hydrogen-bond donors (Lipinski definition) is 0. The van der Waals surface area contributed by atoms with Gasteiger partial charge in [-0.1, -0.05) is 12.1 Å². The average Bonchev–Trinajstić information content (AvgIpc) is 3.18. The number of fused-ring (bicyclic) bond motifs is 3. The molecule has 0 aromatic heterocycles. The molecule has 2 heterocycles. The zero-order valence-electron chi connectivity index (χ0n) is 22.5. The molecular formula is C31H36ClNO4. The van der Waals surface area contributed by atoms with Gasteiger partial charge in [0.25, 0.3) is 0 Å². The summed E-state index contributed by atoms with van der Waals surface area (Å²) in [5.74, 6) is 3.39. The summed E-state index contributed by atoms with van der Waals surface area (Å²) in [6, 6.07) is 18.6. The molecule has 3 aromatic rings. The van der Waals surface area contributed by atoms with Crippen molar-refractivity contribution in [1.29, 1.82) is 0 Å². The van der Waals surface area contributed by atoms with Crippen molar-refractivity contribution in [3.63, 3.8) is 0 Å². The molecule has 0 spiro atoms. The number of halogens is 1. The fourth-order valence-electron chi connectivity index (χ4n) is 5.22. The molecular weight excluding hydrogens is 486 g/mol. The summed E-state index contributed by atoms with van der Waals surface area (Å²) < 4.78 is 23.3. The van der Waals surface area contributed by atoms with E-state index in [1.165, 1.54) is 22.3 Å². The highest BCUT2D eigenvalue weighted by Gasteiger charge is 2.39. The number of nitrogens with zero attached hydrogens (tertiary/aromatic N) is 1. The summed E-state index contributed by atoms with van der Waals surface area (Å²) in [7, 11) is 3.39. The Morgan fingerprint density at radius 3 is 2.19 bits per heavy atom. The van der Waals surface area contributed by atoms with E-state index in [0.29, 0.717) is 6.61 Å². The molecule has 5 rings (SSSR count). The van der Waals surface area contributed by atoms with Crippen LogP contribution in [-0.4, -0.2) is 37.7 Å². The van der Waals surface area contributed by atoms with E-state index in [1.54, 1.807) is 14.2 Å². The predicted molar refractivity (Wildman–Crippen MR) is 151 cm³/mol. The van der Waals surface area contributed by atoms with E-state index < -0.39 is 0 Å². The Morgan fingerprint density at radius 1 is 0.865 bits per heavy atom. The highest BCUT2D eigenvalue weighted by Crippen LogP contribution is 2.47. The average molecular weight is 522 g/mol. The first-order chi connectivity index (χ1) is 17.2. The van der Waals surface area contributed by atoms with Crippen LogP contribution in [0.25, 0.3) is 0 Å². The molecule has 0 bridgehead atoms. The maximum absolute atomic E-state index is 6.32. The number of ether oxygens (including phenoxy) is 4. The lowest BCUT2D eigenvalue weighted by Crippen LogP contribution is -2.30. The van der Waals surface area contributed by atoms with E-state index in [-0.39, 0.29) is 23.5 Å². The molecule has 0 fully saturated rings. The van der Waals surface area contributed by atoms with Gasteiger partial charge in [0.2, 0.25) is 0 Å². The van der Waals surface area contributed by atoms with Crippen molar-refractivity contribution in [3.05, 3.63) is 82.4 Å². The van der Waals surface area contributed by atoms with Gasteiger partial charge < -0.3 is 18.9 Å². The van der Waals surface area contributed by atoms with E-state index in [1.807, 2.05) is 24.3 Å². The van der Waals surface area contributed by atoms with Gasteiger partial charge in [-0.25, -0.2) is 0 Å². The summed E-state index contributed by atoms with van der Waals surface area (Å²) in [4.78, 5) is 5.22. The number of aliphatic imine (C=N–C) groups is 1. The molecule has 0 radical (unpaired) electrons. The van der Waals surface area contributed by atoms with Crippen molar-refractivity contribution in [3.8, 4) is 23.0 Å². The van der Waals surface area contributed by atoms with Crippen molar-refractivity contribution in [1.82, 2.24) is 0 Å². The van der Waals surface area contributed by atoms with Crippen molar-refractivity contribution in [2.75, 3.05) is 20.8 Å². The van der Waals surface area contributed by atoms with Gasteiger partial charge >= 0.3 is 0 Å². The molecule has 37 heavy (non-hydrogen) atoms. The van der Waals surface area contributed by atoms with Crippen molar-refractivity contribution < 1.29 is 18.9 Å². The van der Waals surface area contributed by atoms with Gasteiger partial charge in [0, 0.05) is 29.5 Å². The number of benzene rings is 3. The van der Waals surface area contributed by atoms with Crippen LogP contribution in [0.2, 0.25) is 0 Å². The predicted octanol–water partition coefficient (Wildman–Crippen LogP) is 6.63. The van der Waals surface area contributed by atoms with Gasteiger partial charge in [-0.15, -0.1) is 12.4 Å². The first-order valence-corrected chi connectivity index (χ1v) is 12.6. The Balaban J connectivity index is 0.00000320. The summed E-state index contributed by atoms with van der Waals surface area (Å²) in [5, 5.41) is 0. The second-order valence-electron chi connectivity index (χ2n) is 10.9. The number of methoxy groups -OCH3 is 2. The Labute approximate surface area is 226 Å². The van der Waals surface area contributed by atoms with E-state index in [9.17, 15) is 0 Å². The third-order valence-corrected chi connectivity index (χ3v) is 6.85. The molecule has 2 aliphatic rings. The zero-order valence-corrected chi connectivity index (χ0v) is 23.3. The van der Waals surface area contributed by atoms with Crippen LogP contribution >= 0.6 is 12.4 Å². The second kappa shape index (κ2) is 10.3. The van der Waals surface area contributed by atoms with Gasteiger partial charge in [0.05, 0.1) is 32.1 Å². The van der Waals surface area contributed by atoms with E-state index in [4.69, 9.17) is 23.9 Å². The van der Waals surface area contributed by atoms with Gasteiger partial charge in [0.15, 0.2) is 11.5 Å². The van der Waals surface area contributed by atoms with Crippen molar-refractivity contribution >= 4 is 18.1 Å². The highest BCUT2D eigenvalue weighted by molar-refractivity contribution is 6.16. The van der Waals surface area contributed by atoms with E-state index >= 15 is 0 Å². The zero-order chi connectivity index (χ0) is 25.5. The van der Waals surface area contributed by atoms with Crippen LogP contribution in [-0.2, 0) is 19.3 Å². The third kappa shape index (κ3) is 5.57. The fourth-order valence-corrected chi connectivity index (χ4v) is 5.22. The molecule has 6 heteroatoms. The lowest BCUT2D eigenvalue weighted by molar-refractivity contribution is 0.134. The summed E-state index contributed by atoms with van der Waals surface area (Å²) in [5.41, 5.74) is 6.51. The normalized spacial score (nSPS) is 16.4. The summed E-state index contributed by atoms with van der Waals surface area (Å²) in [6.07, 6.45) is 2.53. The molecule has 0 atom stereocenters. The van der Waals surface area contributed by atoms with Crippen LogP contribution in [0.5, 0.6) is 23.0 Å². The van der Waals surface area contributed by atoms with Gasteiger partial charge in [-0.3, -0.25) is 4.99 Å². The molecule has 196 valence electrons. The Morgan fingerprint density at radius 2 is 1.54 bits per heavy atom.